The summed E-state index contributed by atoms with van der Waals surface area (Å²) in [5.74, 6) is -0.957. The van der Waals surface area contributed by atoms with E-state index < -0.39 is 17.8 Å². The molecule has 29 heavy (non-hydrogen) atoms. The fourth-order valence-electron chi connectivity index (χ4n) is 2.45. The topological polar surface area (TPSA) is 93.7 Å². The van der Waals surface area contributed by atoms with Crippen molar-refractivity contribution in [2.45, 2.75) is 0 Å². The number of nitrogens with one attached hydrogen (secondary N) is 2. The molecule has 146 valence electrons. The van der Waals surface area contributed by atoms with E-state index in [9.17, 15) is 14.4 Å². The third-order valence-electron chi connectivity index (χ3n) is 3.84. The monoisotopic (exact) mass is 390 g/mol. The first kappa shape index (κ1) is 19.6. The number of carbonyl (C=O) groups is 3. The number of ether oxygens (including phenoxy) is 2. The van der Waals surface area contributed by atoms with Crippen molar-refractivity contribution in [3.8, 4) is 11.5 Å². The third-order valence-corrected chi connectivity index (χ3v) is 3.84. The number of hydrogen-bond acceptors (Lipinski definition) is 5. The zero-order valence-corrected chi connectivity index (χ0v) is 15.5. The molecule has 0 heterocycles. The Morgan fingerprint density at radius 3 is 1.97 bits per heavy atom. The molecule has 0 spiro atoms. The number of para-hydroxylation sites is 1. The van der Waals surface area contributed by atoms with Crippen LogP contribution in [0.4, 0.5) is 11.4 Å². The Labute approximate surface area is 167 Å². The molecule has 0 aliphatic heterocycles. The number of carbonyl (C=O) groups excluding carboxylic acids is 3. The van der Waals surface area contributed by atoms with Gasteiger partial charge in [0.1, 0.15) is 11.5 Å². The average Bonchev–Trinajstić information content (AvgIpc) is 2.75. The SMILES string of the molecule is COC(=O)c1cccc(NC(=O)C(=O)Nc2ccc(Oc3ccccc3)cc2)c1. The molecule has 0 aliphatic carbocycles. The van der Waals surface area contributed by atoms with Crippen molar-refractivity contribution in [3.63, 3.8) is 0 Å². The molecule has 2 N–H and O–H groups in total. The average molecular weight is 390 g/mol. The molecule has 7 heteroatoms. The van der Waals surface area contributed by atoms with Crippen LogP contribution < -0.4 is 15.4 Å². The smallest absolute Gasteiger partial charge is 0.337 e. The molecule has 0 atom stereocenters. The lowest BCUT2D eigenvalue weighted by Gasteiger charge is -2.09. The van der Waals surface area contributed by atoms with Crippen molar-refractivity contribution in [3.05, 3.63) is 84.4 Å². The number of hydrogen-bond donors (Lipinski definition) is 2. The van der Waals surface area contributed by atoms with E-state index in [-0.39, 0.29) is 5.56 Å². The van der Waals surface area contributed by atoms with Crippen molar-refractivity contribution in [2.75, 3.05) is 17.7 Å². The highest BCUT2D eigenvalue weighted by molar-refractivity contribution is 6.43. The zero-order chi connectivity index (χ0) is 20.6. The van der Waals surface area contributed by atoms with Crippen molar-refractivity contribution in [1.29, 1.82) is 0 Å². The van der Waals surface area contributed by atoms with Gasteiger partial charge in [0.15, 0.2) is 0 Å². The summed E-state index contributed by atoms with van der Waals surface area (Å²) in [6.07, 6.45) is 0. The first-order valence-corrected chi connectivity index (χ1v) is 8.69. The summed E-state index contributed by atoms with van der Waals surface area (Å²) >= 11 is 0. The summed E-state index contributed by atoms with van der Waals surface area (Å²) in [7, 11) is 1.26. The normalized spacial score (nSPS) is 9.97. The number of anilines is 2. The molecule has 0 fully saturated rings. The largest absolute Gasteiger partial charge is 0.465 e. The van der Waals surface area contributed by atoms with Gasteiger partial charge in [-0.05, 0) is 54.6 Å². The summed E-state index contributed by atoms with van der Waals surface area (Å²) in [5.41, 5.74) is 1.01. The minimum atomic E-state index is -0.864. The lowest BCUT2D eigenvalue weighted by molar-refractivity contribution is -0.132. The Morgan fingerprint density at radius 1 is 0.690 bits per heavy atom. The molecule has 3 aromatic rings. The van der Waals surface area contributed by atoms with Crippen LogP contribution in [0.5, 0.6) is 11.5 Å². The summed E-state index contributed by atoms with van der Waals surface area (Å²) in [4.78, 5) is 35.8. The van der Waals surface area contributed by atoms with Crippen molar-refractivity contribution in [2.24, 2.45) is 0 Å². The lowest BCUT2D eigenvalue weighted by atomic mass is 10.2. The van der Waals surface area contributed by atoms with Gasteiger partial charge in [-0.1, -0.05) is 24.3 Å². The van der Waals surface area contributed by atoms with Gasteiger partial charge in [0.2, 0.25) is 0 Å². The summed E-state index contributed by atoms with van der Waals surface area (Å²) in [6.45, 7) is 0. The van der Waals surface area contributed by atoms with E-state index in [4.69, 9.17) is 4.74 Å². The van der Waals surface area contributed by atoms with Crippen LogP contribution >= 0.6 is 0 Å². The van der Waals surface area contributed by atoms with E-state index >= 15 is 0 Å². The lowest BCUT2D eigenvalue weighted by Crippen LogP contribution is -2.29. The van der Waals surface area contributed by atoms with Crippen LogP contribution in [0.25, 0.3) is 0 Å². The molecule has 0 radical (unpaired) electrons. The van der Waals surface area contributed by atoms with Gasteiger partial charge in [0.05, 0.1) is 12.7 Å². The van der Waals surface area contributed by atoms with Gasteiger partial charge >= 0.3 is 17.8 Å². The fraction of sp³-hybridized carbons (Fsp3) is 0.0455. The molecule has 0 aliphatic rings. The fourth-order valence-corrected chi connectivity index (χ4v) is 2.45. The zero-order valence-electron chi connectivity index (χ0n) is 15.5. The van der Waals surface area contributed by atoms with Crippen molar-refractivity contribution < 1.29 is 23.9 Å². The van der Waals surface area contributed by atoms with E-state index in [0.29, 0.717) is 22.9 Å². The highest BCUT2D eigenvalue weighted by Crippen LogP contribution is 2.22. The van der Waals surface area contributed by atoms with Gasteiger partial charge in [0.25, 0.3) is 0 Å². The highest BCUT2D eigenvalue weighted by Gasteiger charge is 2.15. The van der Waals surface area contributed by atoms with E-state index in [2.05, 4.69) is 15.4 Å². The predicted octanol–water partition coefficient (Wildman–Crippen LogP) is 3.84. The molecular weight excluding hydrogens is 372 g/mol. The minimum Gasteiger partial charge on any atom is -0.465 e. The molecule has 0 saturated heterocycles. The van der Waals surface area contributed by atoms with Gasteiger partial charge in [0, 0.05) is 11.4 Å². The number of esters is 1. The quantitative estimate of drug-likeness (QED) is 0.510. The van der Waals surface area contributed by atoms with Crippen LogP contribution in [-0.4, -0.2) is 24.9 Å². The van der Waals surface area contributed by atoms with Crippen LogP contribution in [0.2, 0.25) is 0 Å². The second-order valence-corrected chi connectivity index (χ2v) is 5.92. The first-order chi connectivity index (χ1) is 14.0. The maximum Gasteiger partial charge on any atom is 0.337 e. The maximum atomic E-state index is 12.1. The predicted molar refractivity (Wildman–Crippen MR) is 108 cm³/mol. The molecule has 0 aromatic heterocycles. The second-order valence-electron chi connectivity index (χ2n) is 5.92. The van der Waals surface area contributed by atoms with Gasteiger partial charge in [-0.15, -0.1) is 0 Å². The summed E-state index contributed by atoms with van der Waals surface area (Å²) < 4.78 is 10.3. The van der Waals surface area contributed by atoms with Crippen LogP contribution in [-0.2, 0) is 14.3 Å². The van der Waals surface area contributed by atoms with Crippen molar-refractivity contribution >= 4 is 29.2 Å². The molecule has 0 unspecified atom stereocenters. The van der Waals surface area contributed by atoms with Gasteiger partial charge in [-0.3, -0.25) is 9.59 Å². The first-order valence-electron chi connectivity index (χ1n) is 8.69. The van der Waals surface area contributed by atoms with E-state index in [1.54, 1.807) is 42.5 Å². The Bertz CT molecular complexity index is 1020. The number of methoxy groups -OCH3 is 1. The van der Waals surface area contributed by atoms with E-state index in [0.717, 1.165) is 0 Å². The summed E-state index contributed by atoms with van der Waals surface area (Å²) in [5, 5.41) is 4.95. The molecule has 2 amide bonds. The van der Waals surface area contributed by atoms with Crippen LogP contribution in [0.1, 0.15) is 10.4 Å². The molecule has 3 rings (SSSR count). The Hall–Kier alpha value is -4.13. The Morgan fingerprint density at radius 2 is 1.31 bits per heavy atom. The van der Waals surface area contributed by atoms with Crippen molar-refractivity contribution in [1.82, 2.24) is 0 Å². The number of amides is 2. The van der Waals surface area contributed by atoms with Crippen LogP contribution in [0.3, 0.4) is 0 Å². The standard InChI is InChI=1S/C22H18N2O5/c1-28-22(27)15-6-5-7-17(14-15)24-21(26)20(25)23-16-10-12-19(13-11-16)29-18-8-3-2-4-9-18/h2-14H,1H3,(H,23,25)(H,24,26). The molecule has 0 saturated carbocycles. The molecule has 7 nitrogen and oxygen atoms in total. The second kappa shape index (κ2) is 9.18. The highest BCUT2D eigenvalue weighted by atomic mass is 16.5. The Kier molecular flexibility index (Phi) is 6.22. The molecule has 3 aromatic carbocycles. The van der Waals surface area contributed by atoms with E-state index in [1.165, 1.54) is 13.2 Å². The van der Waals surface area contributed by atoms with Crippen LogP contribution in [0.15, 0.2) is 78.9 Å². The molecule has 0 bridgehead atoms. The summed E-state index contributed by atoms with van der Waals surface area (Å²) in [6, 6.07) is 22.0. The third kappa shape index (κ3) is 5.43. The van der Waals surface area contributed by atoms with Crippen LogP contribution in [0, 0.1) is 0 Å². The number of benzene rings is 3. The Balaban J connectivity index is 1.58. The van der Waals surface area contributed by atoms with Gasteiger partial charge in [-0.25, -0.2) is 4.79 Å². The van der Waals surface area contributed by atoms with Gasteiger partial charge < -0.3 is 20.1 Å². The van der Waals surface area contributed by atoms with Gasteiger partial charge in [-0.2, -0.15) is 0 Å². The maximum absolute atomic E-state index is 12.1. The number of rotatable bonds is 5. The van der Waals surface area contributed by atoms with E-state index in [1.807, 2.05) is 30.3 Å². The minimum absolute atomic E-state index is 0.264. The molecular formula is C22H18N2O5.